The lowest BCUT2D eigenvalue weighted by atomic mass is 9.97. The molecule has 4 aromatic rings. The molecule has 176 valence electrons. The first-order chi connectivity index (χ1) is 17.1. The summed E-state index contributed by atoms with van der Waals surface area (Å²) in [5, 5.41) is 22.5. The van der Waals surface area contributed by atoms with Crippen molar-refractivity contribution in [3.05, 3.63) is 89.2 Å². The second kappa shape index (κ2) is 9.72. The van der Waals surface area contributed by atoms with Gasteiger partial charge in [-0.25, -0.2) is 4.98 Å². The minimum absolute atomic E-state index is 0.0135. The van der Waals surface area contributed by atoms with Gasteiger partial charge in [0.05, 0.1) is 10.8 Å². The maximum atomic E-state index is 12.8. The number of aromatic nitrogens is 4. The van der Waals surface area contributed by atoms with Crippen molar-refractivity contribution in [1.82, 2.24) is 19.7 Å². The molecule has 0 saturated carbocycles. The average molecular weight is 470 g/mol. The van der Waals surface area contributed by atoms with Crippen LogP contribution in [0, 0.1) is 16.0 Å². The van der Waals surface area contributed by atoms with Gasteiger partial charge in [0.25, 0.3) is 5.69 Å². The van der Waals surface area contributed by atoms with Gasteiger partial charge in [0.15, 0.2) is 11.6 Å². The van der Waals surface area contributed by atoms with Gasteiger partial charge in [-0.1, -0.05) is 30.3 Å². The van der Waals surface area contributed by atoms with Crippen LogP contribution < -0.4 is 10.2 Å². The number of hydrogen-bond donors (Lipinski definition) is 1. The van der Waals surface area contributed by atoms with E-state index in [1.807, 2.05) is 53.2 Å². The Morgan fingerprint density at radius 2 is 1.74 bits per heavy atom. The number of imidazole rings is 1. The molecular formula is C25H23N7O3. The Kier molecular flexibility index (Phi) is 6.16. The van der Waals surface area contributed by atoms with Crippen molar-refractivity contribution in [2.24, 2.45) is 5.92 Å². The highest BCUT2D eigenvalue weighted by molar-refractivity contribution is 5.93. The fraction of sp³-hybridized carbons (Fsp3) is 0.200. The minimum Gasteiger partial charge on any atom is -0.354 e. The third-order valence-electron chi connectivity index (χ3n) is 6.02. The van der Waals surface area contributed by atoms with E-state index in [-0.39, 0.29) is 17.5 Å². The fourth-order valence-electron chi connectivity index (χ4n) is 4.21. The van der Waals surface area contributed by atoms with Crippen molar-refractivity contribution < 1.29 is 9.72 Å². The third-order valence-corrected chi connectivity index (χ3v) is 6.02. The van der Waals surface area contributed by atoms with Gasteiger partial charge in [-0.05, 0) is 37.1 Å². The van der Waals surface area contributed by atoms with E-state index in [9.17, 15) is 14.9 Å². The van der Waals surface area contributed by atoms with Crippen LogP contribution >= 0.6 is 0 Å². The summed E-state index contributed by atoms with van der Waals surface area (Å²) in [5.74, 6) is 1.82. The number of piperidine rings is 1. The Morgan fingerprint density at radius 1 is 1.00 bits per heavy atom. The maximum Gasteiger partial charge on any atom is 0.269 e. The molecule has 0 radical (unpaired) electrons. The summed E-state index contributed by atoms with van der Waals surface area (Å²) < 4.78 is 1.89. The van der Waals surface area contributed by atoms with Crippen molar-refractivity contribution in [2.75, 3.05) is 23.3 Å². The molecule has 1 aliphatic rings. The molecule has 0 spiro atoms. The largest absolute Gasteiger partial charge is 0.354 e. The molecule has 1 atom stereocenters. The standard InChI is InChI=1S/C25H23N7O3/c33-25(27-20-8-10-21(11-9-20)32(34)35)19-7-4-15-30(17-19)22-12-13-23(29-28-22)31-16-14-26-24(31)18-5-2-1-3-6-18/h1-3,5-6,8-14,16,19H,4,7,15,17H2,(H,27,33). The van der Waals surface area contributed by atoms with E-state index in [2.05, 4.69) is 25.4 Å². The lowest BCUT2D eigenvalue weighted by Crippen LogP contribution is -2.41. The highest BCUT2D eigenvalue weighted by Crippen LogP contribution is 2.25. The zero-order chi connectivity index (χ0) is 24.2. The van der Waals surface area contributed by atoms with Crippen molar-refractivity contribution >= 4 is 23.1 Å². The van der Waals surface area contributed by atoms with E-state index in [4.69, 9.17) is 0 Å². The maximum absolute atomic E-state index is 12.8. The van der Waals surface area contributed by atoms with Gasteiger partial charge in [0.2, 0.25) is 5.91 Å². The first kappa shape index (κ1) is 22.2. The van der Waals surface area contributed by atoms with Crippen LogP contribution in [-0.2, 0) is 4.79 Å². The summed E-state index contributed by atoms with van der Waals surface area (Å²) in [6, 6.07) is 19.5. The van der Waals surface area contributed by atoms with E-state index in [0.717, 1.165) is 30.8 Å². The number of nitrogens with zero attached hydrogens (tertiary/aromatic N) is 6. The number of benzene rings is 2. The normalized spacial score (nSPS) is 15.5. The van der Waals surface area contributed by atoms with Crippen LogP contribution in [0.5, 0.6) is 0 Å². The number of non-ortho nitro benzene ring substituents is 1. The minimum atomic E-state index is -0.466. The summed E-state index contributed by atoms with van der Waals surface area (Å²) in [4.78, 5) is 29.7. The summed E-state index contributed by atoms with van der Waals surface area (Å²) in [6.07, 6.45) is 5.19. The van der Waals surface area contributed by atoms with Gasteiger partial charge < -0.3 is 10.2 Å². The summed E-state index contributed by atoms with van der Waals surface area (Å²) in [6.45, 7) is 1.31. The van der Waals surface area contributed by atoms with Crippen molar-refractivity contribution in [2.45, 2.75) is 12.8 Å². The Balaban J connectivity index is 1.26. The smallest absolute Gasteiger partial charge is 0.269 e. The lowest BCUT2D eigenvalue weighted by Gasteiger charge is -2.32. The van der Waals surface area contributed by atoms with Gasteiger partial charge in [0.1, 0.15) is 5.82 Å². The molecule has 35 heavy (non-hydrogen) atoms. The molecule has 1 fully saturated rings. The average Bonchev–Trinajstić information content (AvgIpc) is 3.40. The number of rotatable bonds is 6. The van der Waals surface area contributed by atoms with Gasteiger partial charge in [-0.2, -0.15) is 0 Å². The topological polar surface area (TPSA) is 119 Å². The van der Waals surface area contributed by atoms with Crippen LogP contribution in [-0.4, -0.2) is 43.7 Å². The monoisotopic (exact) mass is 469 g/mol. The third kappa shape index (κ3) is 4.86. The van der Waals surface area contributed by atoms with Gasteiger partial charge in [-0.15, -0.1) is 10.2 Å². The highest BCUT2D eigenvalue weighted by atomic mass is 16.6. The number of carbonyl (C=O) groups is 1. The quantitative estimate of drug-likeness (QED) is 0.334. The molecule has 1 saturated heterocycles. The van der Waals surface area contributed by atoms with Crippen molar-refractivity contribution in [3.63, 3.8) is 0 Å². The number of nitro groups is 1. The lowest BCUT2D eigenvalue weighted by molar-refractivity contribution is -0.384. The Labute approximate surface area is 201 Å². The molecule has 10 heteroatoms. The zero-order valence-corrected chi connectivity index (χ0v) is 18.8. The van der Waals surface area contributed by atoms with Crippen LogP contribution in [0.1, 0.15) is 12.8 Å². The number of carbonyl (C=O) groups excluding carboxylic acids is 1. The molecule has 2 aromatic carbocycles. The predicted octanol–water partition coefficient (Wildman–Crippen LogP) is 4.09. The molecule has 5 rings (SSSR count). The van der Waals surface area contributed by atoms with Gasteiger partial charge in [-0.3, -0.25) is 19.5 Å². The zero-order valence-electron chi connectivity index (χ0n) is 18.8. The molecule has 3 heterocycles. The molecule has 0 bridgehead atoms. The van der Waals surface area contributed by atoms with Gasteiger partial charge in [0, 0.05) is 48.9 Å². The van der Waals surface area contributed by atoms with Crippen molar-refractivity contribution in [3.8, 4) is 17.2 Å². The second-order valence-electron chi connectivity index (χ2n) is 8.32. The highest BCUT2D eigenvalue weighted by Gasteiger charge is 2.27. The summed E-state index contributed by atoms with van der Waals surface area (Å²) in [7, 11) is 0. The molecule has 1 aliphatic heterocycles. The molecule has 1 amide bonds. The SMILES string of the molecule is O=C(Nc1ccc([N+](=O)[O-])cc1)C1CCCN(c2ccc(-n3ccnc3-c3ccccc3)nn2)C1. The van der Waals surface area contributed by atoms with Crippen LogP contribution in [0.4, 0.5) is 17.2 Å². The van der Waals surface area contributed by atoms with Crippen LogP contribution in [0.3, 0.4) is 0 Å². The predicted molar refractivity (Wildman–Crippen MR) is 131 cm³/mol. The number of amides is 1. The number of nitrogens with one attached hydrogen (secondary N) is 1. The van der Waals surface area contributed by atoms with Crippen molar-refractivity contribution in [1.29, 1.82) is 0 Å². The Morgan fingerprint density at radius 3 is 2.46 bits per heavy atom. The molecular weight excluding hydrogens is 446 g/mol. The van der Waals surface area contributed by atoms with Crippen LogP contribution in [0.25, 0.3) is 17.2 Å². The van der Waals surface area contributed by atoms with E-state index < -0.39 is 4.92 Å². The fourth-order valence-corrected chi connectivity index (χ4v) is 4.21. The molecule has 1 N–H and O–H groups in total. The molecule has 0 aliphatic carbocycles. The Hall–Kier alpha value is -4.60. The van der Waals surface area contributed by atoms with Gasteiger partial charge >= 0.3 is 0 Å². The number of anilines is 2. The summed E-state index contributed by atoms with van der Waals surface area (Å²) >= 11 is 0. The molecule has 1 unspecified atom stereocenters. The number of nitro benzene ring substituents is 1. The van der Waals surface area contributed by atoms with Crippen LogP contribution in [0.2, 0.25) is 0 Å². The van der Waals surface area contributed by atoms with E-state index in [1.54, 1.807) is 18.3 Å². The Bertz CT molecular complexity index is 1320. The second-order valence-corrected chi connectivity index (χ2v) is 8.32. The molecule has 10 nitrogen and oxygen atoms in total. The van der Waals surface area contributed by atoms with Crippen LogP contribution in [0.15, 0.2) is 79.1 Å². The van der Waals surface area contributed by atoms with E-state index in [0.29, 0.717) is 23.9 Å². The van der Waals surface area contributed by atoms with E-state index in [1.165, 1.54) is 12.1 Å². The van der Waals surface area contributed by atoms with E-state index >= 15 is 0 Å². The molecule has 2 aromatic heterocycles. The number of hydrogen-bond acceptors (Lipinski definition) is 7. The first-order valence-electron chi connectivity index (χ1n) is 11.3. The first-order valence-corrected chi connectivity index (χ1v) is 11.3. The summed E-state index contributed by atoms with van der Waals surface area (Å²) in [5.41, 5.74) is 1.51.